The second kappa shape index (κ2) is 10.1. The van der Waals surface area contributed by atoms with Gasteiger partial charge >= 0.3 is 0 Å². The molecule has 1 saturated heterocycles. The summed E-state index contributed by atoms with van der Waals surface area (Å²) in [4.78, 5) is 16.5. The molecule has 7 heteroatoms. The minimum absolute atomic E-state index is 0.0410. The second-order valence-electron chi connectivity index (χ2n) is 8.07. The van der Waals surface area contributed by atoms with Crippen LogP contribution >= 0.6 is 11.3 Å². The van der Waals surface area contributed by atoms with E-state index < -0.39 is 0 Å². The molecule has 1 aliphatic rings. The van der Waals surface area contributed by atoms with Crippen LogP contribution in [0.3, 0.4) is 0 Å². The molecule has 1 unspecified atom stereocenters. The highest BCUT2D eigenvalue weighted by molar-refractivity contribution is 7.13. The summed E-state index contributed by atoms with van der Waals surface area (Å²) < 4.78 is 7.70. The van der Waals surface area contributed by atoms with Crippen molar-refractivity contribution < 1.29 is 9.53 Å². The van der Waals surface area contributed by atoms with Crippen LogP contribution in [0.25, 0.3) is 16.3 Å². The van der Waals surface area contributed by atoms with E-state index in [0.29, 0.717) is 24.4 Å². The van der Waals surface area contributed by atoms with Gasteiger partial charge in [0.15, 0.2) is 0 Å². The third kappa shape index (κ3) is 5.22. The maximum atomic E-state index is 13.2. The van der Waals surface area contributed by atoms with Crippen LogP contribution in [0.15, 0.2) is 84.4 Å². The van der Waals surface area contributed by atoms with Crippen LogP contribution < -0.4 is 5.32 Å². The number of benzene rings is 2. The lowest BCUT2D eigenvalue weighted by atomic mass is 10.1. The number of thiophene rings is 1. The number of carbonyl (C=O) groups excluding carboxylic acids is 1. The normalized spacial score (nSPS) is 16.5. The zero-order valence-corrected chi connectivity index (χ0v) is 19.1. The number of rotatable bonds is 7. The number of nitrogens with zero attached hydrogens (tertiary/aromatic N) is 3. The molecular weight excluding hydrogens is 432 g/mol. The van der Waals surface area contributed by atoms with Crippen molar-refractivity contribution in [2.24, 2.45) is 0 Å². The van der Waals surface area contributed by atoms with Gasteiger partial charge in [-0.15, -0.1) is 11.3 Å². The standard InChI is InChI=1S/C26H26N4O2S/c31-26(27-16-22-18-29(13-14-32-22)17-20-8-3-1-4-9-20)23-19-30(21-10-5-2-6-11-21)28-25(23)24-12-7-15-33-24/h1-12,15,19,22H,13-14,16-18H2,(H,27,31). The van der Waals surface area contributed by atoms with Gasteiger partial charge in [0.2, 0.25) is 0 Å². The highest BCUT2D eigenvalue weighted by Gasteiger charge is 2.23. The largest absolute Gasteiger partial charge is 0.374 e. The van der Waals surface area contributed by atoms with Crippen molar-refractivity contribution in [2.75, 3.05) is 26.2 Å². The molecule has 168 valence electrons. The number of carbonyl (C=O) groups is 1. The van der Waals surface area contributed by atoms with Gasteiger partial charge < -0.3 is 10.1 Å². The first-order valence-corrected chi connectivity index (χ1v) is 12.0. The average molecular weight is 459 g/mol. The van der Waals surface area contributed by atoms with E-state index in [0.717, 1.165) is 30.2 Å². The van der Waals surface area contributed by atoms with Gasteiger partial charge in [-0.2, -0.15) is 5.10 Å². The van der Waals surface area contributed by atoms with E-state index in [2.05, 4.69) is 34.5 Å². The summed E-state index contributed by atoms with van der Waals surface area (Å²) >= 11 is 1.58. The Morgan fingerprint density at radius 1 is 1.06 bits per heavy atom. The topological polar surface area (TPSA) is 59.4 Å². The molecule has 1 atom stereocenters. The molecule has 3 heterocycles. The van der Waals surface area contributed by atoms with Gasteiger partial charge in [-0.25, -0.2) is 4.68 Å². The highest BCUT2D eigenvalue weighted by Crippen LogP contribution is 2.27. The fraction of sp³-hybridized carbons (Fsp3) is 0.231. The number of ether oxygens (including phenoxy) is 1. The van der Waals surface area contributed by atoms with Crippen molar-refractivity contribution in [1.82, 2.24) is 20.0 Å². The molecule has 6 nitrogen and oxygen atoms in total. The zero-order valence-electron chi connectivity index (χ0n) is 18.3. The number of hydrogen-bond acceptors (Lipinski definition) is 5. The molecule has 5 rings (SSSR count). The molecule has 1 aliphatic heterocycles. The number of aromatic nitrogens is 2. The van der Waals surface area contributed by atoms with Crippen molar-refractivity contribution in [1.29, 1.82) is 0 Å². The quantitative estimate of drug-likeness (QED) is 0.450. The summed E-state index contributed by atoms with van der Waals surface area (Å²) in [5, 5.41) is 9.80. The Hall–Kier alpha value is -3.26. The average Bonchev–Trinajstić information content (AvgIpc) is 3.54. The smallest absolute Gasteiger partial charge is 0.255 e. The molecule has 0 spiro atoms. The van der Waals surface area contributed by atoms with Crippen LogP contribution in [0, 0.1) is 0 Å². The van der Waals surface area contributed by atoms with E-state index in [4.69, 9.17) is 9.84 Å². The van der Waals surface area contributed by atoms with E-state index in [1.54, 1.807) is 16.0 Å². The van der Waals surface area contributed by atoms with E-state index in [1.807, 2.05) is 60.1 Å². The molecule has 0 radical (unpaired) electrons. The SMILES string of the molecule is O=C(NCC1CN(Cc2ccccc2)CCO1)c1cn(-c2ccccc2)nc1-c1cccs1. The third-order valence-corrected chi connectivity index (χ3v) is 6.57. The Balaban J connectivity index is 1.27. The number of para-hydroxylation sites is 1. The van der Waals surface area contributed by atoms with Gasteiger partial charge in [0.05, 0.1) is 28.8 Å². The first-order valence-electron chi connectivity index (χ1n) is 11.1. The van der Waals surface area contributed by atoms with Crippen LogP contribution in [0.5, 0.6) is 0 Å². The molecular formula is C26H26N4O2S. The highest BCUT2D eigenvalue weighted by atomic mass is 32.1. The Morgan fingerprint density at radius 3 is 2.61 bits per heavy atom. The van der Waals surface area contributed by atoms with Gasteiger partial charge in [0, 0.05) is 32.4 Å². The van der Waals surface area contributed by atoms with Gasteiger partial charge in [-0.05, 0) is 29.1 Å². The van der Waals surface area contributed by atoms with Gasteiger partial charge in [-0.3, -0.25) is 9.69 Å². The fourth-order valence-corrected chi connectivity index (χ4v) is 4.76. The van der Waals surface area contributed by atoms with Crippen molar-refractivity contribution >= 4 is 17.2 Å². The van der Waals surface area contributed by atoms with Crippen molar-refractivity contribution in [3.05, 3.63) is 95.5 Å². The predicted octanol–water partition coefficient (Wildman–Crippen LogP) is 4.23. The zero-order chi connectivity index (χ0) is 22.5. The van der Waals surface area contributed by atoms with Gasteiger partial charge in [0.25, 0.3) is 5.91 Å². The number of amides is 1. The Bertz CT molecular complexity index is 1180. The predicted molar refractivity (Wildman–Crippen MR) is 131 cm³/mol. The first-order chi connectivity index (χ1) is 16.3. The van der Waals surface area contributed by atoms with Crippen LogP contribution in [0.4, 0.5) is 0 Å². The summed E-state index contributed by atoms with van der Waals surface area (Å²) in [7, 11) is 0. The van der Waals surface area contributed by atoms with Crippen molar-refractivity contribution in [3.63, 3.8) is 0 Å². The molecule has 4 aromatic rings. The van der Waals surface area contributed by atoms with Crippen molar-refractivity contribution in [2.45, 2.75) is 12.6 Å². The minimum Gasteiger partial charge on any atom is -0.374 e. The lowest BCUT2D eigenvalue weighted by molar-refractivity contribution is -0.0292. The second-order valence-corrected chi connectivity index (χ2v) is 9.02. The number of nitrogens with one attached hydrogen (secondary N) is 1. The van der Waals surface area contributed by atoms with Crippen molar-refractivity contribution in [3.8, 4) is 16.3 Å². The molecule has 0 saturated carbocycles. The lowest BCUT2D eigenvalue weighted by Gasteiger charge is -2.33. The maximum Gasteiger partial charge on any atom is 0.255 e. The summed E-state index contributed by atoms with van der Waals surface area (Å²) in [6.07, 6.45) is 1.77. The van der Waals surface area contributed by atoms with E-state index in [9.17, 15) is 4.79 Å². The molecule has 1 amide bonds. The summed E-state index contributed by atoms with van der Waals surface area (Å²) in [5.74, 6) is -0.135. The molecule has 1 N–H and O–H groups in total. The fourth-order valence-electron chi connectivity index (χ4n) is 4.04. The molecule has 1 fully saturated rings. The maximum absolute atomic E-state index is 13.2. The molecule has 0 bridgehead atoms. The van der Waals surface area contributed by atoms with Crippen LogP contribution in [0.1, 0.15) is 15.9 Å². The van der Waals surface area contributed by atoms with Crippen LogP contribution in [-0.4, -0.2) is 52.9 Å². The first kappa shape index (κ1) is 21.6. The lowest BCUT2D eigenvalue weighted by Crippen LogP contribution is -2.47. The third-order valence-electron chi connectivity index (χ3n) is 5.70. The summed E-state index contributed by atoms with van der Waals surface area (Å²) in [6, 6.07) is 24.2. The molecule has 2 aromatic carbocycles. The van der Waals surface area contributed by atoms with Gasteiger partial charge in [0.1, 0.15) is 5.69 Å². The van der Waals surface area contributed by atoms with Crippen LogP contribution in [-0.2, 0) is 11.3 Å². The van der Waals surface area contributed by atoms with E-state index in [-0.39, 0.29) is 12.0 Å². The molecule has 33 heavy (non-hydrogen) atoms. The summed E-state index contributed by atoms with van der Waals surface area (Å²) in [5.41, 5.74) is 3.47. The Kier molecular flexibility index (Phi) is 6.62. The minimum atomic E-state index is -0.135. The molecule has 0 aliphatic carbocycles. The monoisotopic (exact) mass is 458 g/mol. The van der Waals surface area contributed by atoms with Crippen LogP contribution in [0.2, 0.25) is 0 Å². The number of hydrogen-bond donors (Lipinski definition) is 1. The Morgan fingerprint density at radius 2 is 1.85 bits per heavy atom. The van der Waals surface area contributed by atoms with E-state index in [1.165, 1.54) is 5.56 Å². The number of morpholine rings is 1. The van der Waals surface area contributed by atoms with E-state index >= 15 is 0 Å². The molecule has 2 aromatic heterocycles. The summed E-state index contributed by atoms with van der Waals surface area (Å²) in [6.45, 7) is 3.70. The Labute approximate surface area is 197 Å². The van der Waals surface area contributed by atoms with Gasteiger partial charge in [-0.1, -0.05) is 54.6 Å².